The Labute approximate surface area is 187 Å². The van der Waals surface area contributed by atoms with Crippen molar-refractivity contribution in [2.75, 3.05) is 33.4 Å². The lowest BCUT2D eigenvalue weighted by molar-refractivity contribution is 0.212. The molecule has 0 radical (unpaired) electrons. The third kappa shape index (κ3) is 9.26. The molecule has 0 saturated heterocycles. The Morgan fingerprint density at radius 1 is 1.03 bits per heavy atom. The number of ether oxygens (including phenoxy) is 2. The zero-order valence-corrected chi connectivity index (χ0v) is 19.3. The maximum atomic E-state index is 6.05. The normalized spacial score (nSPS) is 11.7. The van der Waals surface area contributed by atoms with Crippen molar-refractivity contribution in [3.05, 3.63) is 71.3 Å². The number of nitrogens with one attached hydrogen (secondary N) is 1. The number of allylic oxidation sites excluding steroid dienone is 1. The van der Waals surface area contributed by atoms with E-state index in [2.05, 4.69) is 36.5 Å². The average molecular weight is 425 g/mol. The fraction of sp³-hybridized carbons (Fsp3) is 0.423. The largest absolute Gasteiger partial charge is 0.493 e. The molecule has 0 aliphatic carbocycles. The van der Waals surface area contributed by atoms with Crippen LogP contribution >= 0.6 is 0 Å². The fourth-order valence-corrected chi connectivity index (χ4v) is 3.31. The maximum Gasteiger partial charge on any atom is 0.125 e. The number of aryl methyl sites for hydroxylation is 2. The van der Waals surface area contributed by atoms with Gasteiger partial charge in [0.25, 0.3) is 0 Å². The SMILES string of the molecule is C/C=C/COc1cc(C)c(OCCCCNCC(Cc2ccccc2)=NOC)c(C)c1. The lowest BCUT2D eigenvalue weighted by Gasteiger charge is -2.14. The number of hydrogen-bond acceptors (Lipinski definition) is 5. The molecule has 0 heterocycles. The predicted octanol–water partition coefficient (Wildman–Crippen LogP) is 5.25. The minimum Gasteiger partial charge on any atom is -0.493 e. The molecule has 2 rings (SSSR count). The van der Waals surface area contributed by atoms with E-state index >= 15 is 0 Å². The summed E-state index contributed by atoms with van der Waals surface area (Å²) in [5, 5.41) is 7.61. The van der Waals surface area contributed by atoms with Gasteiger partial charge in [-0.3, -0.25) is 0 Å². The molecule has 1 N–H and O–H groups in total. The van der Waals surface area contributed by atoms with E-state index < -0.39 is 0 Å². The molecule has 5 nitrogen and oxygen atoms in total. The Bertz CT molecular complexity index is 809. The van der Waals surface area contributed by atoms with Crippen LogP contribution in [0.5, 0.6) is 11.5 Å². The molecule has 0 unspecified atom stereocenters. The molecule has 0 saturated carbocycles. The Hall–Kier alpha value is -2.79. The Kier molecular flexibility index (Phi) is 11.3. The summed E-state index contributed by atoms with van der Waals surface area (Å²) in [6, 6.07) is 14.4. The van der Waals surface area contributed by atoms with Gasteiger partial charge in [-0.15, -0.1) is 0 Å². The quantitative estimate of drug-likeness (QED) is 0.195. The number of nitrogens with zero attached hydrogens (tertiary/aromatic N) is 1. The van der Waals surface area contributed by atoms with Crippen LogP contribution in [0.4, 0.5) is 0 Å². The number of unbranched alkanes of at least 4 members (excludes halogenated alkanes) is 1. The van der Waals surface area contributed by atoms with Crippen molar-refractivity contribution in [1.29, 1.82) is 0 Å². The van der Waals surface area contributed by atoms with Crippen LogP contribution in [0.15, 0.2) is 59.8 Å². The van der Waals surface area contributed by atoms with E-state index in [-0.39, 0.29) is 0 Å². The highest BCUT2D eigenvalue weighted by molar-refractivity contribution is 5.87. The first kappa shape index (κ1) is 24.5. The van der Waals surface area contributed by atoms with E-state index in [9.17, 15) is 0 Å². The number of rotatable bonds is 14. The topological polar surface area (TPSA) is 52.1 Å². The van der Waals surface area contributed by atoms with Crippen molar-refractivity contribution in [2.24, 2.45) is 5.16 Å². The van der Waals surface area contributed by atoms with Gasteiger partial charge >= 0.3 is 0 Å². The Morgan fingerprint density at radius 3 is 2.45 bits per heavy atom. The summed E-state index contributed by atoms with van der Waals surface area (Å²) in [5.41, 5.74) is 4.44. The summed E-state index contributed by atoms with van der Waals surface area (Å²) in [5.74, 6) is 1.84. The standard InChI is InChI=1S/C26H36N2O3/c1-5-6-15-30-25-17-21(2)26(22(3)18-25)31-16-11-10-14-27-20-24(28-29-4)19-23-12-8-7-9-13-23/h5-9,12-13,17-18,27H,10-11,14-16,19-20H2,1-4H3/b6-5+,28-24?. The summed E-state index contributed by atoms with van der Waals surface area (Å²) < 4.78 is 11.8. The van der Waals surface area contributed by atoms with E-state index in [0.717, 1.165) is 60.7 Å². The first-order valence-electron chi connectivity index (χ1n) is 11.0. The fourth-order valence-electron chi connectivity index (χ4n) is 3.31. The monoisotopic (exact) mass is 424 g/mol. The lowest BCUT2D eigenvalue weighted by atomic mass is 10.1. The van der Waals surface area contributed by atoms with Gasteiger partial charge in [-0.05, 0) is 69.0 Å². The van der Waals surface area contributed by atoms with Crippen molar-refractivity contribution in [2.45, 2.75) is 40.0 Å². The van der Waals surface area contributed by atoms with Crippen molar-refractivity contribution >= 4 is 5.71 Å². The van der Waals surface area contributed by atoms with E-state index in [1.54, 1.807) is 7.11 Å². The third-order valence-electron chi connectivity index (χ3n) is 4.81. The van der Waals surface area contributed by atoms with Crippen LogP contribution in [0, 0.1) is 13.8 Å². The van der Waals surface area contributed by atoms with Crippen molar-refractivity contribution in [3.63, 3.8) is 0 Å². The van der Waals surface area contributed by atoms with Gasteiger partial charge in [-0.2, -0.15) is 0 Å². The minimum absolute atomic E-state index is 0.588. The summed E-state index contributed by atoms with van der Waals surface area (Å²) in [7, 11) is 1.59. The highest BCUT2D eigenvalue weighted by atomic mass is 16.6. The van der Waals surface area contributed by atoms with E-state index in [4.69, 9.17) is 14.3 Å². The molecule has 0 aliphatic heterocycles. The summed E-state index contributed by atoms with van der Waals surface area (Å²) in [6.07, 6.45) is 6.79. The zero-order valence-electron chi connectivity index (χ0n) is 19.3. The first-order chi connectivity index (χ1) is 15.1. The summed E-state index contributed by atoms with van der Waals surface area (Å²) in [6.45, 7) is 9.04. The second-order valence-corrected chi connectivity index (χ2v) is 7.50. The molecule has 2 aromatic carbocycles. The van der Waals surface area contributed by atoms with E-state index in [1.807, 2.05) is 49.4 Å². The minimum atomic E-state index is 0.588. The van der Waals surface area contributed by atoms with Gasteiger partial charge in [0.2, 0.25) is 0 Å². The van der Waals surface area contributed by atoms with Gasteiger partial charge in [0.15, 0.2) is 0 Å². The predicted molar refractivity (Wildman–Crippen MR) is 128 cm³/mol. The van der Waals surface area contributed by atoms with Gasteiger partial charge in [0.05, 0.1) is 12.3 Å². The molecule has 2 aromatic rings. The second-order valence-electron chi connectivity index (χ2n) is 7.50. The van der Waals surface area contributed by atoms with Crippen LogP contribution in [0.25, 0.3) is 0 Å². The Balaban J connectivity index is 1.68. The van der Waals surface area contributed by atoms with Crippen LogP contribution < -0.4 is 14.8 Å². The molecule has 31 heavy (non-hydrogen) atoms. The highest BCUT2D eigenvalue weighted by Crippen LogP contribution is 2.28. The average Bonchev–Trinajstić information content (AvgIpc) is 2.75. The van der Waals surface area contributed by atoms with E-state index in [1.165, 1.54) is 5.56 Å². The smallest absolute Gasteiger partial charge is 0.125 e. The molecular weight excluding hydrogens is 388 g/mol. The molecule has 168 valence electrons. The first-order valence-corrected chi connectivity index (χ1v) is 11.0. The zero-order chi connectivity index (χ0) is 22.3. The van der Waals surface area contributed by atoms with Crippen molar-refractivity contribution in [1.82, 2.24) is 5.32 Å². The second kappa shape index (κ2) is 14.3. The molecule has 0 fully saturated rings. The van der Waals surface area contributed by atoms with Crippen LogP contribution in [-0.4, -0.2) is 39.1 Å². The molecule has 0 aliphatic rings. The molecule has 0 spiro atoms. The van der Waals surface area contributed by atoms with Crippen LogP contribution in [0.2, 0.25) is 0 Å². The molecule has 5 heteroatoms. The third-order valence-corrected chi connectivity index (χ3v) is 4.81. The number of oxime groups is 1. The number of benzene rings is 2. The van der Waals surface area contributed by atoms with Gasteiger partial charge in [-0.1, -0.05) is 47.6 Å². The molecule has 0 aromatic heterocycles. The number of hydrogen-bond donors (Lipinski definition) is 1. The van der Waals surface area contributed by atoms with Crippen LogP contribution in [0.3, 0.4) is 0 Å². The molecular formula is C26H36N2O3. The van der Waals surface area contributed by atoms with Gasteiger partial charge < -0.3 is 19.6 Å². The highest BCUT2D eigenvalue weighted by Gasteiger charge is 2.07. The maximum absolute atomic E-state index is 6.05. The van der Waals surface area contributed by atoms with Crippen LogP contribution in [-0.2, 0) is 11.3 Å². The van der Waals surface area contributed by atoms with Gasteiger partial charge in [0.1, 0.15) is 25.2 Å². The van der Waals surface area contributed by atoms with E-state index in [0.29, 0.717) is 13.2 Å². The summed E-state index contributed by atoms with van der Waals surface area (Å²) >= 11 is 0. The molecule has 0 amide bonds. The van der Waals surface area contributed by atoms with Gasteiger partial charge in [0, 0.05) is 13.0 Å². The van der Waals surface area contributed by atoms with Crippen molar-refractivity contribution < 1.29 is 14.3 Å². The molecule has 0 atom stereocenters. The Morgan fingerprint density at radius 2 is 1.77 bits per heavy atom. The van der Waals surface area contributed by atoms with Crippen LogP contribution in [0.1, 0.15) is 36.5 Å². The lowest BCUT2D eigenvalue weighted by Crippen LogP contribution is -2.26. The van der Waals surface area contributed by atoms with Gasteiger partial charge in [-0.25, -0.2) is 0 Å². The summed E-state index contributed by atoms with van der Waals surface area (Å²) in [4.78, 5) is 4.99. The van der Waals surface area contributed by atoms with Crippen molar-refractivity contribution in [3.8, 4) is 11.5 Å². The molecule has 0 bridgehead atoms.